The van der Waals surface area contributed by atoms with Crippen molar-refractivity contribution in [3.8, 4) is 0 Å². The van der Waals surface area contributed by atoms with Gasteiger partial charge in [0.25, 0.3) is 0 Å². The van der Waals surface area contributed by atoms with Crippen molar-refractivity contribution in [2.75, 3.05) is 39.3 Å². The standard InChI is InChI=1S/C19H30N2/c1-2-4-16(5-3-1)14-20-8-10-21(11-9-20)15-19-13-17-6-7-18(19)12-17/h1-2,6-7,16-19H,3-5,8-15H2/t16-,17+,18+,19+/m1/s1. The molecular formula is C19H30N2. The quantitative estimate of drug-likeness (QED) is 0.732. The first kappa shape index (κ1) is 14.0. The molecule has 21 heavy (non-hydrogen) atoms. The fourth-order valence-corrected chi connectivity index (χ4v) is 4.98. The fraction of sp³-hybridized carbons (Fsp3) is 0.789. The van der Waals surface area contributed by atoms with Gasteiger partial charge in [-0.05, 0) is 55.8 Å². The highest BCUT2D eigenvalue weighted by Gasteiger charge is 2.36. The van der Waals surface area contributed by atoms with Crippen molar-refractivity contribution in [1.29, 1.82) is 0 Å². The van der Waals surface area contributed by atoms with Gasteiger partial charge in [-0.2, -0.15) is 0 Å². The Hall–Kier alpha value is -0.600. The summed E-state index contributed by atoms with van der Waals surface area (Å²) in [5.41, 5.74) is 0. The van der Waals surface area contributed by atoms with E-state index in [-0.39, 0.29) is 0 Å². The summed E-state index contributed by atoms with van der Waals surface area (Å²) in [7, 11) is 0. The molecule has 116 valence electrons. The smallest absolute Gasteiger partial charge is 0.0110 e. The third-order valence-electron chi connectivity index (χ3n) is 6.27. The lowest BCUT2D eigenvalue weighted by molar-refractivity contribution is 0.0997. The predicted octanol–water partition coefficient (Wildman–Crippen LogP) is 3.17. The van der Waals surface area contributed by atoms with Crippen molar-refractivity contribution >= 4 is 0 Å². The molecule has 2 bridgehead atoms. The summed E-state index contributed by atoms with van der Waals surface area (Å²) >= 11 is 0. The Morgan fingerprint density at radius 1 is 0.857 bits per heavy atom. The molecule has 4 rings (SSSR count). The SMILES string of the molecule is C1=CC[C@@H](CN2CCN(C[C@@H]3C[C@H]4C=C[C@H]3C4)CC2)CC1. The van der Waals surface area contributed by atoms with Crippen molar-refractivity contribution in [2.45, 2.75) is 32.1 Å². The highest BCUT2D eigenvalue weighted by Crippen LogP contribution is 2.43. The van der Waals surface area contributed by atoms with E-state index in [4.69, 9.17) is 0 Å². The van der Waals surface area contributed by atoms with Crippen molar-refractivity contribution < 1.29 is 0 Å². The molecule has 4 aliphatic rings. The van der Waals surface area contributed by atoms with Crippen LogP contribution in [0, 0.1) is 23.7 Å². The average molecular weight is 286 g/mol. The van der Waals surface area contributed by atoms with Crippen molar-refractivity contribution in [3.05, 3.63) is 24.3 Å². The molecule has 1 heterocycles. The monoisotopic (exact) mass is 286 g/mol. The number of rotatable bonds is 4. The Kier molecular flexibility index (Phi) is 4.18. The predicted molar refractivity (Wildman–Crippen MR) is 88.2 cm³/mol. The minimum absolute atomic E-state index is 0.919. The maximum atomic E-state index is 2.75. The molecule has 0 N–H and O–H groups in total. The maximum Gasteiger partial charge on any atom is 0.0110 e. The summed E-state index contributed by atoms with van der Waals surface area (Å²) in [6, 6.07) is 0. The Labute approximate surface area is 129 Å². The second kappa shape index (κ2) is 6.26. The molecule has 4 atom stereocenters. The molecular weight excluding hydrogens is 256 g/mol. The van der Waals surface area contributed by atoms with Crippen molar-refractivity contribution in [1.82, 2.24) is 9.80 Å². The number of allylic oxidation sites excluding steroid dienone is 4. The molecule has 1 aliphatic heterocycles. The zero-order valence-electron chi connectivity index (χ0n) is 13.3. The van der Waals surface area contributed by atoms with Gasteiger partial charge in [-0.3, -0.25) is 0 Å². The van der Waals surface area contributed by atoms with Crippen molar-refractivity contribution in [3.63, 3.8) is 0 Å². The van der Waals surface area contributed by atoms with E-state index < -0.39 is 0 Å². The van der Waals surface area contributed by atoms with Crippen LogP contribution in [0.15, 0.2) is 24.3 Å². The van der Waals surface area contributed by atoms with Crippen LogP contribution in [0.25, 0.3) is 0 Å². The molecule has 1 saturated carbocycles. The van der Waals surface area contributed by atoms with Gasteiger partial charge in [0, 0.05) is 39.3 Å². The molecule has 3 aliphatic carbocycles. The molecule has 0 spiro atoms. The molecule has 0 radical (unpaired) electrons. The normalized spacial score (nSPS) is 40.2. The third kappa shape index (κ3) is 3.27. The van der Waals surface area contributed by atoms with Crippen LogP contribution >= 0.6 is 0 Å². The summed E-state index contributed by atoms with van der Waals surface area (Å²) in [4.78, 5) is 5.47. The minimum Gasteiger partial charge on any atom is -0.301 e. The Balaban J connectivity index is 1.20. The number of fused-ring (bicyclic) bond motifs is 2. The molecule has 1 saturated heterocycles. The van der Waals surface area contributed by atoms with Crippen LogP contribution < -0.4 is 0 Å². The fourth-order valence-electron chi connectivity index (χ4n) is 4.98. The molecule has 0 aromatic heterocycles. The summed E-state index contributed by atoms with van der Waals surface area (Å²) < 4.78 is 0. The lowest BCUT2D eigenvalue weighted by Gasteiger charge is -2.38. The van der Waals surface area contributed by atoms with E-state index in [0.29, 0.717) is 0 Å². The van der Waals surface area contributed by atoms with E-state index in [1.165, 1.54) is 71.4 Å². The van der Waals surface area contributed by atoms with Gasteiger partial charge in [0.2, 0.25) is 0 Å². The molecule has 2 nitrogen and oxygen atoms in total. The molecule has 0 unspecified atom stereocenters. The lowest BCUT2D eigenvalue weighted by Crippen LogP contribution is -2.49. The van der Waals surface area contributed by atoms with Crippen LogP contribution in [-0.2, 0) is 0 Å². The van der Waals surface area contributed by atoms with E-state index in [1.54, 1.807) is 0 Å². The number of piperazine rings is 1. The Bertz CT molecular complexity index is 406. The largest absolute Gasteiger partial charge is 0.301 e. The zero-order chi connectivity index (χ0) is 14.1. The van der Waals surface area contributed by atoms with Crippen LogP contribution in [0.4, 0.5) is 0 Å². The molecule has 0 aromatic carbocycles. The number of hydrogen-bond acceptors (Lipinski definition) is 2. The van der Waals surface area contributed by atoms with Gasteiger partial charge in [0.05, 0.1) is 0 Å². The second-order valence-electron chi connectivity index (χ2n) is 7.79. The van der Waals surface area contributed by atoms with Gasteiger partial charge in [0.15, 0.2) is 0 Å². The van der Waals surface area contributed by atoms with Crippen LogP contribution in [-0.4, -0.2) is 49.1 Å². The van der Waals surface area contributed by atoms with Gasteiger partial charge < -0.3 is 9.80 Å². The Morgan fingerprint density at radius 3 is 2.29 bits per heavy atom. The lowest BCUT2D eigenvalue weighted by atomic mass is 9.92. The van der Waals surface area contributed by atoms with Crippen LogP contribution in [0.1, 0.15) is 32.1 Å². The summed E-state index contributed by atoms with van der Waals surface area (Å²) in [6.07, 6.45) is 16.7. The topological polar surface area (TPSA) is 6.48 Å². The van der Waals surface area contributed by atoms with Gasteiger partial charge in [-0.25, -0.2) is 0 Å². The molecule has 2 heteroatoms. The van der Waals surface area contributed by atoms with Crippen molar-refractivity contribution in [2.24, 2.45) is 23.7 Å². The minimum atomic E-state index is 0.919. The molecule has 0 amide bonds. The van der Waals surface area contributed by atoms with Crippen LogP contribution in [0.3, 0.4) is 0 Å². The van der Waals surface area contributed by atoms with E-state index in [1.807, 2.05) is 0 Å². The first-order chi connectivity index (χ1) is 10.4. The van der Waals surface area contributed by atoms with Gasteiger partial charge in [-0.15, -0.1) is 0 Å². The van der Waals surface area contributed by atoms with Crippen LogP contribution in [0.2, 0.25) is 0 Å². The average Bonchev–Trinajstić information content (AvgIpc) is 3.13. The first-order valence-electron chi connectivity index (χ1n) is 9.15. The number of hydrogen-bond donors (Lipinski definition) is 0. The summed E-state index contributed by atoms with van der Waals surface area (Å²) in [6.45, 7) is 7.93. The van der Waals surface area contributed by atoms with E-state index in [9.17, 15) is 0 Å². The highest BCUT2D eigenvalue weighted by molar-refractivity contribution is 5.10. The second-order valence-corrected chi connectivity index (χ2v) is 7.79. The van der Waals surface area contributed by atoms with Gasteiger partial charge >= 0.3 is 0 Å². The third-order valence-corrected chi connectivity index (χ3v) is 6.27. The Morgan fingerprint density at radius 2 is 1.67 bits per heavy atom. The molecule has 0 aromatic rings. The van der Waals surface area contributed by atoms with E-state index >= 15 is 0 Å². The first-order valence-corrected chi connectivity index (χ1v) is 9.15. The summed E-state index contributed by atoms with van der Waals surface area (Å²) in [5, 5.41) is 0. The molecule has 2 fully saturated rings. The highest BCUT2D eigenvalue weighted by atomic mass is 15.3. The van der Waals surface area contributed by atoms with Gasteiger partial charge in [0.1, 0.15) is 0 Å². The van der Waals surface area contributed by atoms with E-state index in [0.717, 1.165) is 23.7 Å². The summed E-state index contributed by atoms with van der Waals surface area (Å²) in [5.74, 6) is 3.75. The number of nitrogens with zero attached hydrogens (tertiary/aromatic N) is 2. The van der Waals surface area contributed by atoms with E-state index in [2.05, 4.69) is 34.1 Å². The maximum absolute atomic E-state index is 2.75. The van der Waals surface area contributed by atoms with Crippen LogP contribution in [0.5, 0.6) is 0 Å². The van der Waals surface area contributed by atoms with Gasteiger partial charge in [-0.1, -0.05) is 24.3 Å². The zero-order valence-corrected chi connectivity index (χ0v) is 13.3.